The molecule has 1 aliphatic heterocycles. The summed E-state index contributed by atoms with van der Waals surface area (Å²) in [6, 6.07) is 13.1. The first-order valence-corrected chi connectivity index (χ1v) is 6.92. The average molecular weight is 284 g/mol. The van der Waals surface area contributed by atoms with Crippen LogP contribution < -0.4 is 5.32 Å². The molecule has 21 heavy (non-hydrogen) atoms. The number of fused-ring (bicyclic) bond motifs is 1. The molecule has 0 aromatic heterocycles. The summed E-state index contributed by atoms with van der Waals surface area (Å²) in [5, 5.41) is 24.3. The van der Waals surface area contributed by atoms with E-state index in [1.807, 2.05) is 30.3 Å². The molecule has 1 atom stereocenters. The lowest BCUT2D eigenvalue weighted by atomic mass is 9.87. The van der Waals surface area contributed by atoms with Gasteiger partial charge in [0.2, 0.25) is 0 Å². The normalized spacial score (nSPS) is 17.8. The molecule has 0 fully saturated rings. The fraction of sp³-hybridized carbons (Fsp3) is 0.250. The molecule has 1 aliphatic rings. The second-order valence-electron chi connectivity index (χ2n) is 5.21. The first-order valence-electron chi connectivity index (χ1n) is 6.92. The number of hydrogen-bond donors (Lipinski definition) is 2. The highest BCUT2D eigenvalue weighted by Crippen LogP contribution is 2.36. The second kappa shape index (κ2) is 5.54. The van der Waals surface area contributed by atoms with Gasteiger partial charge in [0, 0.05) is 18.5 Å². The fourth-order valence-corrected chi connectivity index (χ4v) is 2.89. The molecule has 5 heteroatoms. The van der Waals surface area contributed by atoms with Gasteiger partial charge in [-0.3, -0.25) is 10.1 Å². The molecule has 0 amide bonds. The third-order valence-electron chi connectivity index (χ3n) is 3.93. The van der Waals surface area contributed by atoms with Gasteiger partial charge in [-0.15, -0.1) is 0 Å². The molecule has 0 aliphatic carbocycles. The molecule has 1 unspecified atom stereocenters. The molecule has 2 N–H and O–H groups in total. The third kappa shape index (κ3) is 2.60. The predicted octanol–water partition coefficient (Wildman–Crippen LogP) is 2.58. The molecule has 1 heterocycles. The molecule has 0 saturated heterocycles. The monoisotopic (exact) mass is 284 g/mol. The highest BCUT2D eigenvalue weighted by atomic mass is 16.6. The highest BCUT2D eigenvalue weighted by molar-refractivity contribution is 5.54. The topological polar surface area (TPSA) is 75.4 Å². The van der Waals surface area contributed by atoms with Crippen molar-refractivity contribution >= 4 is 5.69 Å². The van der Waals surface area contributed by atoms with Crippen molar-refractivity contribution in [3.8, 4) is 5.75 Å². The Hall–Kier alpha value is -2.40. The van der Waals surface area contributed by atoms with E-state index in [2.05, 4.69) is 5.32 Å². The van der Waals surface area contributed by atoms with Crippen LogP contribution in [-0.2, 0) is 6.42 Å². The first-order chi connectivity index (χ1) is 10.2. The van der Waals surface area contributed by atoms with Crippen molar-refractivity contribution < 1.29 is 10.0 Å². The minimum Gasteiger partial charge on any atom is -0.502 e. The van der Waals surface area contributed by atoms with Gasteiger partial charge < -0.3 is 10.4 Å². The summed E-state index contributed by atoms with van der Waals surface area (Å²) >= 11 is 0. The molecule has 3 rings (SSSR count). The van der Waals surface area contributed by atoms with Crippen molar-refractivity contribution in [2.24, 2.45) is 0 Å². The van der Waals surface area contributed by atoms with Crippen molar-refractivity contribution in [1.29, 1.82) is 0 Å². The summed E-state index contributed by atoms with van der Waals surface area (Å²) in [4.78, 5) is 10.4. The predicted molar refractivity (Wildman–Crippen MR) is 79.6 cm³/mol. The van der Waals surface area contributed by atoms with Gasteiger partial charge in [0.05, 0.1) is 4.92 Å². The van der Waals surface area contributed by atoms with E-state index in [1.165, 1.54) is 6.07 Å². The Morgan fingerprint density at radius 1 is 1.24 bits per heavy atom. The van der Waals surface area contributed by atoms with E-state index >= 15 is 0 Å². The van der Waals surface area contributed by atoms with Crippen molar-refractivity contribution in [3.63, 3.8) is 0 Å². The van der Waals surface area contributed by atoms with Crippen molar-refractivity contribution in [2.45, 2.75) is 12.3 Å². The van der Waals surface area contributed by atoms with Crippen LogP contribution in [0, 0.1) is 10.1 Å². The van der Waals surface area contributed by atoms with E-state index in [0.717, 1.165) is 36.2 Å². The van der Waals surface area contributed by atoms with Crippen molar-refractivity contribution in [1.82, 2.24) is 5.32 Å². The van der Waals surface area contributed by atoms with Gasteiger partial charge >= 0.3 is 5.69 Å². The lowest BCUT2D eigenvalue weighted by Crippen LogP contribution is -2.20. The Kier molecular flexibility index (Phi) is 3.58. The molecule has 0 spiro atoms. The molecule has 5 nitrogen and oxygen atoms in total. The van der Waals surface area contributed by atoms with Crippen LogP contribution in [0.3, 0.4) is 0 Å². The second-order valence-corrected chi connectivity index (χ2v) is 5.21. The van der Waals surface area contributed by atoms with Crippen LogP contribution >= 0.6 is 0 Å². The Morgan fingerprint density at radius 3 is 2.71 bits per heavy atom. The lowest BCUT2D eigenvalue weighted by Gasteiger charge is -2.18. The average Bonchev–Trinajstić information content (AvgIpc) is 2.69. The number of nitro benzene ring substituents is 1. The maximum atomic E-state index is 11.0. The zero-order valence-electron chi connectivity index (χ0n) is 11.5. The first kappa shape index (κ1) is 13.6. The molecule has 2 aromatic carbocycles. The summed E-state index contributed by atoms with van der Waals surface area (Å²) in [7, 11) is 0. The number of nitrogens with zero attached hydrogens (tertiary/aromatic N) is 1. The number of phenols is 1. The van der Waals surface area contributed by atoms with E-state index in [1.54, 1.807) is 6.07 Å². The minimum atomic E-state index is -0.536. The zero-order chi connectivity index (χ0) is 14.8. The van der Waals surface area contributed by atoms with E-state index < -0.39 is 4.92 Å². The number of nitrogens with one attached hydrogen (secondary N) is 1. The fourth-order valence-electron chi connectivity index (χ4n) is 2.89. The number of benzene rings is 2. The van der Waals surface area contributed by atoms with Crippen LogP contribution in [0.5, 0.6) is 5.75 Å². The zero-order valence-corrected chi connectivity index (χ0v) is 11.5. The maximum Gasteiger partial charge on any atom is 0.310 e. The van der Waals surface area contributed by atoms with Gasteiger partial charge in [-0.2, -0.15) is 0 Å². The Labute approximate surface area is 122 Å². The van der Waals surface area contributed by atoms with E-state index in [9.17, 15) is 15.2 Å². The van der Waals surface area contributed by atoms with E-state index in [0.29, 0.717) is 0 Å². The molecule has 0 saturated carbocycles. The summed E-state index contributed by atoms with van der Waals surface area (Å²) in [5.41, 5.74) is 2.82. The summed E-state index contributed by atoms with van der Waals surface area (Å²) in [6.07, 6.45) is 0.722. The molecule has 0 bridgehead atoms. The number of nitro groups is 1. The quantitative estimate of drug-likeness (QED) is 0.656. The Bertz CT molecular complexity index is 671. The Morgan fingerprint density at radius 2 is 2.00 bits per heavy atom. The lowest BCUT2D eigenvalue weighted by molar-refractivity contribution is -0.385. The molecule has 2 aromatic rings. The molecule has 108 valence electrons. The van der Waals surface area contributed by atoms with E-state index in [-0.39, 0.29) is 17.4 Å². The van der Waals surface area contributed by atoms with Crippen LogP contribution in [-0.4, -0.2) is 23.1 Å². The van der Waals surface area contributed by atoms with Gasteiger partial charge in [0.25, 0.3) is 0 Å². The van der Waals surface area contributed by atoms with Gasteiger partial charge in [-0.1, -0.05) is 30.3 Å². The number of rotatable bonds is 2. The van der Waals surface area contributed by atoms with Crippen LogP contribution in [0.2, 0.25) is 0 Å². The van der Waals surface area contributed by atoms with Crippen LogP contribution in [0.4, 0.5) is 5.69 Å². The van der Waals surface area contributed by atoms with Gasteiger partial charge in [0.15, 0.2) is 5.75 Å². The minimum absolute atomic E-state index is 0.0930. The smallest absolute Gasteiger partial charge is 0.310 e. The summed E-state index contributed by atoms with van der Waals surface area (Å²) in [5.74, 6) is -0.169. The molecular weight excluding hydrogens is 268 g/mol. The molecule has 0 radical (unpaired) electrons. The van der Waals surface area contributed by atoms with Crippen molar-refractivity contribution in [3.05, 3.63) is 69.3 Å². The number of aromatic hydroxyl groups is 1. The SMILES string of the molecule is O=[N+]([O-])c1cc2c(cc1O)C(c1ccccc1)CNCC2. The van der Waals surface area contributed by atoms with Gasteiger partial charge in [0.1, 0.15) is 0 Å². The number of phenolic OH excluding ortho intramolecular Hbond substituents is 1. The standard InChI is InChI=1S/C16H16N2O3/c19-16-9-13-12(8-15(16)18(20)21)6-7-17-10-14(13)11-4-2-1-3-5-11/h1-5,8-9,14,17,19H,6-7,10H2. The van der Waals surface area contributed by atoms with Crippen LogP contribution in [0.15, 0.2) is 42.5 Å². The largest absolute Gasteiger partial charge is 0.502 e. The van der Waals surface area contributed by atoms with Crippen molar-refractivity contribution in [2.75, 3.05) is 13.1 Å². The van der Waals surface area contributed by atoms with Gasteiger partial charge in [-0.25, -0.2) is 0 Å². The summed E-state index contributed by atoms with van der Waals surface area (Å²) < 4.78 is 0. The maximum absolute atomic E-state index is 11.0. The van der Waals surface area contributed by atoms with Crippen LogP contribution in [0.1, 0.15) is 22.6 Å². The number of hydrogen-bond acceptors (Lipinski definition) is 4. The van der Waals surface area contributed by atoms with Crippen LogP contribution in [0.25, 0.3) is 0 Å². The highest BCUT2D eigenvalue weighted by Gasteiger charge is 2.25. The Balaban J connectivity index is 2.12. The van der Waals surface area contributed by atoms with E-state index in [4.69, 9.17) is 0 Å². The molecular formula is C16H16N2O3. The summed E-state index contributed by atoms with van der Waals surface area (Å²) in [6.45, 7) is 1.53. The van der Waals surface area contributed by atoms with Gasteiger partial charge in [-0.05, 0) is 35.7 Å². The third-order valence-corrected chi connectivity index (χ3v) is 3.93.